The molecule has 3 N–H and O–H groups in total. The number of anilines is 2. The molecule has 0 aliphatic heterocycles. The normalized spacial score (nSPS) is 12.4. The molecule has 1 aromatic carbocycles. The van der Waals surface area contributed by atoms with Crippen LogP contribution in [0, 0.1) is 6.92 Å². The van der Waals surface area contributed by atoms with Gasteiger partial charge in [0.25, 0.3) is 5.56 Å². The standard InChI is InChI=1S/C24H29N7O6/c1-4-19(31-11-10-25-22(24(31)36)26-13-18-15(2)28-37-29-18)23(35)27-17(12-21(33)34)20(32)14-30(3)16-8-6-5-7-9-16/h5-11,17,19H,4,12-14H2,1-3H3,(H,25,26)(H,27,35)(H,33,34)/t17-,19?/m0/s1. The molecule has 2 atom stereocenters. The lowest BCUT2D eigenvalue weighted by Gasteiger charge is -2.24. The summed E-state index contributed by atoms with van der Waals surface area (Å²) in [5.41, 5.74) is 1.25. The van der Waals surface area contributed by atoms with Gasteiger partial charge in [-0.3, -0.25) is 23.7 Å². The van der Waals surface area contributed by atoms with Crippen LogP contribution in [0.2, 0.25) is 0 Å². The first-order valence-corrected chi connectivity index (χ1v) is 11.6. The molecule has 0 spiro atoms. The van der Waals surface area contributed by atoms with Crippen LogP contribution in [0.4, 0.5) is 11.5 Å². The van der Waals surface area contributed by atoms with Crippen molar-refractivity contribution >= 4 is 29.2 Å². The molecule has 0 aliphatic carbocycles. The second-order valence-corrected chi connectivity index (χ2v) is 8.38. The van der Waals surface area contributed by atoms with Gasteiger partial charge in [-0.15, -0.1) is 0 Å². The highest BCUT2D eigenvalue weighted by molar-refractivity contribution is 5.95. The van der Waals surface area contributed by atoms with Gasteiger partial charge in [-0.05, 0) is 25.5 Å². The zero-order valence-corrected chi connectivity index (χ0v) is 20.7. The summed E-state index contributed by atoms with van der Waals surface area (Å²) in [6.45, 7) is 3.42. The Labute approximate surface area is 212 Å². The van der Waals surface area contributed by atoms with E-state index in [1.54, 1.807) is 25.8 Å². The molecule has 13 heteroatoms. The minimum atomic E-state index is -1.28. The highest BCUT2D eigenvalue weighted by Gasteiger charge is 2.29. The highest BCUT2D eigenvalue weighted by Crippen LogP contribution is 2.14. The number of benzene rings is 1. The number of likely N-dealkylation sites (N-methyl/N-ethyl adjacent to an activating group) is 1. The number of amides is 1. The van der Waals surface area contributed by atoms with Gasteiger partial charge in [-0.1, -0.05) is 35.4 Å². The third-order valence-corrected chi connectivity index (χ3v) is 5.74. The molecule has 196 valence electrons. The number of hydrogen-bond donors (Lipinski definition) is 3. The fraction of sp³-hybridized carbons (Fsp3) is 0.375. The zero-order chi connectivity index (χ0) is 26.9. The van der Waals surface area contributed by atoms with Gasteiger partial charge in [0.2, 0.25) is 5.91 Å². The van der Waals surface area contributed by atoms with Crippen LogP contribution < -0.4 is 21.1 Å². The van der Waals surface area contributed by atoms with E-state index in [9.17, 15) is 24.3 Å². The van der Waals surface area contributed by atoms with Crippen molar-refractivity contribution in [1.82, 2.24) is 25.2 Å². The molecular formula is C24H29N7O6. The number of carboxylic acids is 1. The predicted octanol–water partition coefficient (Wildman–Crippen LogP) is 1.16. The number of aromatic nitrogens is 4. The lowest BCUT2D eigenvalue weighted by atomic mass is 10.1. The fourth-order valence-electron chi connectivity index (χ4n) is 3.68. The third kappa shape index (κ3) is 6.99. The van der Waals surface area contributed by atoms with Crippen molar-refractivity contribution in [2.45, 2.75) is 45.3 Å². The van der Waals surface area contributed by atoms with Crippen LogP contribution >= 0.6 is 0 Å². The Bertz CT molecular complexity index is 1290. The van der Waals surface area contributed by atoms with E-state index in [1.165, 1.54) is 17.0 Å². The molecule has 2 aromatic heterocycles. The van der Waals surface area contributed by atoms with Gasteiger partial charge in [0.05, 0.1) is 25.6 Å². The molecule has 3 aromatic rings. The van der Waals surface area contributed by atoms with Crippen LogP contribution in [0.25, 0.3) is 0 Å². The van der Waals surface area contributed by atoms with Crippen LogP contribution in [-0.4, -0.2) is 62.3 Å². The molecule has 0 aliphatic rings. The van der Waals surface area contributed by atoms with E-state index in [1.807, 2.05) is 30.3 Å². The number of carboxylic acid groups (broad SMARTS) is 1. The number of Topliss-reactive ketones (excluding diaryl/α,β-unsaturated/α-hetero) is 1. The summed E-state index contributed by atoms with van der Waals surface area (Å²) < 4.78 is 5.83. The molecule has 2 heterocycles. The molecule has 1 unspecified atom stereocenters. The molecule has 13 nitrogen and oxygen atoms in total. The Balaban J connectivity index is 1.75. The van der Waals surface area contributed by atoms with E-state index >= 15 is 0 Å². The van der Waals surface area contributed by atoms with Gasteiger partial charge >= 0.3 is 5.97 Å². The van der Waals surface area contributed by atoms with Crippen molar-refractivity contribution in [1.29, 1.82) is 0 Å². The molecular weight excluding hydrogens is 482 g/mol. The van der Waals surface area contributed by atoms with Crippen molar-refractivity contribution in [2.75, 3.05) is 23.8 Å². The number of para-hydroxylation sites is 1. The molecule has 3 rings (SSSR count). The maximum absolute atomic E-state index is 13.2. The van der Waals surface area contributed by atoms with E-state index in [0.717, 1.165) is 5.69 Å². The topological polar surface area (TPSA) is 173 Å². The summed E-state index contributed by atoms with van der Waals surface area (Å²) in [5.74, 6) is -2.38. The second kappa shape index (κ2) is 12.4. The van der Waals surface area contributed by atoms with E-state index in [-0.39, 0.29) is 25.3 Å². The van der Waals surface area contributed by atoms with E-state index in [4.69, 9.17) is 0 Å². The number of hydrogen-bond acceptors (Lipinski definition) is 10. The summed E-state index contributed by atoms with van der Waals surface area (Å²) in [7, 11) is 1.70. The Kier molecular flexibility index (Phi) is 9.08. The van der Waals surface area contributed by atoms with Crippen LogP contribution in [0.3, 0.4) is 0 Å². The fourth-order valence-corrected chi connectivity index (χ4v) is 3.68. The van der Waals surface area contributed by atoms with Crippen molar-refractivity contribution in [3.05, 3.63) is 64.5 Å². The number of ketones is 1. The van der Waals surface area contributed by atoms with Crippen molar-refractivity contribution in [2.24, 2.45) is 0 Å². The molecule has 37 heavy (non-hydrogen) atoms. The van der Waals surface area contributed by atoms with Gasteiger partial charge in [0.1, 0.15) is 17.4 Å². The molecule has 1 amide bonds. The Morgan fingerprint density at radius 3 is 2.54 bits per heavy atom. The van der Waals surface area contributed by atoms with Crippen LogP contribution in [0.15, 0.2) is 52.1 Å². The average molecular weight is 512 g/mol. The molecule has 0 saturated carbocycles. The van der Waals surface area contributed by atoms with E-state index in [0.29, 0.717) is 11.4 Å². The van der Waals surface area contributed by atoms with Gasteiger partial charge < -0.3 is 20.6 Å². The monoisotopic (exact) mass is 511 g/mol. The van der Waals surface area contributed by atoms with Gasteiger partial charge in [-0.2, -0.15) is 0 Å². The van der Waals surface area contributed by atoms with Crippen molar-refractivity contribution < 1.29 is 24.1 Å². The number of carbonyl (C=O) groups excluding carboxylic acids is 2. The maximum Gasteiger partial charge on any atom is 0.305 e. The smallest absolute Gasteiger partial charge is 0.305 e. The van der Waals surface area contributed by atoms with Gasteiger partial charge in [0, 0.05) is 25.1 Å². The Morgan fingerprint density at radius 2 is 1.92 bits per heavy atom. The van der Waals surface area contributed by atoms with Gasteiger partial charge in [0.15, 0.2) is 11.6 Å². The first-order chi connectivity index (χ1) is 17.7. The largest absolute Gasteiger partial charge is 0.481 e. The lowest BCUT2D eigenvalue weighted by molar-refractivity contribution is -0.140. The predicted molar refractivity (Wildman–Crippen MR) is 133 cm³/mol. The van der Waals surface area contributed by atoms with Crippen LogP contribution in [0.5, 0.6) is 0 Å². The molecule has 0 fully saturated rings. The van der Waals surface area contributed by atoms with Crippen molar-refractivity contribution in [3.63, 3.8) is 0 Å². The summed E-state index contributed by atoms with van der Waals surface area (Å²) in [4.78, 5) is 56.3. The van der Waals surface area contributed by atoms with E-state index in [2.05, 4.69) is 30.6 Å². The quantitative estimate of drug-likeness (QED) is 0.300. The zero-order valence-electron chi connectivity index (χ0n) is 20.7. The van der Waals surface area contributed by atoms with E-state index < -0.39 is 41.7 Å². The summed E-state index contributed by atoms with van der Waals surface area (Å²) >= 11 is 0. The second-order valence-electron chi connectivity index (χ2n) is 8.38. The van der Waals surface area contributed by atoms with Crippen LogP contribution in [0.1, 0.15) is 37.2 Å². The highest BCUT2D eigenvalue weighted by atomic mass is 16.6. The summed E-state index contributed by atoms with van der Waals surface area (Å²) in [5, 5.41) is 22.2. The molecule has 0 bridgehead atoms. The average Bonchev–Trinajstić information content (AvgIpc) is 3.29. The minimum absolute atomic E-state index is 0.0150. The first-order valence-electron chi connectivity index (χ1n) is 11.6. The Morgan fingerprint density at radius 1 is 1.19 bits per heavy atom. The molecule has 0 saturated heterocycles. The number of aliphatic carboxylic acids is 1. The first kappa shape index (κ1) is 27.0. The third-order valence-electron chi connectivity index (χ3n) is 5.74. The lowest BCUT2D eigenvalue weighted by Crippen LogP contribution is -2.49. The molecule has 0 radical (unpaired) electrons. The van der Waals surface area contributed by atoms with Crippen molar-refractivity contribution in [3.8, 4) is 0 Å². The summed E-state index contributed by atoms with van der Waals surface area (Å²) in [6, 6.07) is 6.83. The maximum atomic E-state index is 13.2. The van der Waals surface area contributed by atoms with Crippen LogP contribution in [-0.2, 0) is 20.9 Å². The Hall–Kier alpha value is -4.55. The van der Waals surface area contributed by atoms with Gasteiger partial charge in [-0.25, -0.2) is 9.61 Å². The summed E-state index contributed by atoms with van der Waals surface area (Å²) in [6.07, 6.45) is 2.34. The minimum Gasteiger partial charge on any atom is -0.481 e. The number of aryl methyl sites for hydroxylation is 1. The SMILES string of the molecule is CCC(C(=O)N[C@@H](CC(=O)O)C(=O)CN(C)c1ccccc1)n1ccnc(NCc2nonc2C)c1=O. The number of nitrogens with zero attached hydrogens (tertiary/aromatic N) is 5. The number of nitrogens with one attached hydrogen (secondary N) is 2. The number of rotatable bonds is 13. The number of carbonyl (C=O) groups is 3.